The third-order valence-corrected chi connectivity index (χ3v) is 6.69. The van der Waals surface area contributed by atoms with Gasteiger partial charge in [-0.25, -0.2) is 8.42 Å². The number of nitrogens with two attached hydrogens (primary N) is 1. The summed E-state index contributed by atoms with van der Waals surface area (Å²) in [5.74, 6) is 0. The maximum atomic E-state index is 12.7. The Kier molecular flexibility index (Phi) is 7.78. The molecule has 0 aliphatic heterocycles. The molecule has 6 nitrogen and oxygen atoms in total. The van der Waals surface area contributed by atoms with E-state index in [1.54, 1.807) is 20.3 Å². The van der Waals surface area contributed by atoms with E-state index in [9.17, 15) is 8.42 Å². The van der Waals surface area contributed by atoms with Gasteiger partial charge in [0.05, 0.1) is 6.61 Å². The Balaban J connectivity index is 2.95. The number of ether oxygens (including phenoxy) is 2. The lowest BCUT2D eigenvalue weighted by Gasteiger charge is -2.20. The van der Waals surface area contributed by atoms with Crippen LogP contribution >= 0.6 is 11.3 Å². The van der Waals surface area contributed by atoms with Gasteiger partial charge in [-0.05, 0) is 25.0 Å². The predicted molar refractivity (Wildman–Crippen MR) is 84.1 cm³/mol. The largest absolute Gasteiger partial charge is 0.385 e. The zero-order valence-electron chi connectivity index (χ0n) is 12.8. The third-order valence-electron chi connectivity index (χ3n) is 3.08. The Bertz CT molecular complexity index is 528. The minimum Gasteiger partial charge on any atom is -0.385 e. The maximum Gasteiger partial charge on any atom is 0.252 e. The summed E-state index contributed by atoms with van der Waals surface area (Å²) in [5, 5.41) is 0. The number of rotatable bonds is 10. The van der Waals surface area contributed by atoms with E-state index in [0.717, 1.165) is 10.4 Å². The second-order valence-electron chi connectivity index (χ2n) is 4.62. The average Bonchev–Trinajstić information content (AvgIpc) is 2.84. The smallest absolute Gasteiger partial charge is 0.252 e. The van der Waals surface area contributed by atoms with E-state index in [4.69, 9.17) is 15.2 Å². The zero-order valence-corrected chi connectivity index (χ0v) is 14.4. The number of thiophene rings is 1. The molecule has 0 saturated heterocycles. The van der Waals surface area contributed by atoms with Crippen LogP contribution in [0.3, 0.4) is 0 Å². The first-order valence-corrected chi connectivity index (χ1v) is 9.00. The summed E-state index contributed by atoms with van der Waals surface area (Å²) in [4.78, 5) is 0.900. The molecule has 2 N–H and O–H groups in total. The van der Waals surface area contributed by atoms with Crippen LogP contribution in [0.15, 0.2) is 10.3 Å². The van der Waals surface area contributed by atoms with Gasteiger partial charge in [0.15, 0.2) is 0 Å². The summed E-state index contributed by atoms with van der Waals surface area (Å²) in [6, 6.07) is 1.69. The number of aryl methyl sites for hydroxylation is 1. The average molecular weight is 336 g/mol. The minimum absolute atomic E-state index is 0.331. The van der Waals surface area contributed by atoms with Crippen molar-refractivity contribution in [1.29, 1.82) is 0 Å². The van der Waals surface area contributed by atoms with Crippen molar-refractivity contribution in [2.24, 2.45) is 5.73 Å². The normalized spacial score (nSPS) is 12.2. The van der Waals surface area contributed by atoms with Crippen LogP contribution in [0.5, 0.6) is 0 Å². The first-order valence-electron chi connectivity index (χ1n) is 6.74. The van der Waals surface area contributed by atoms with Crippen molar-refractivity contribution >= 4 is 21.4 Å². The van der Waals surface area contributed by atoms with Crippen molar-refractivity contribution < 1.29 is 17.9 Å². The molecule has 0 atom stereocenters. The first kappa shape index (κ1) is 18.5. The van der Waals surface area contributed by atoms with Crippen LogP contribution in [0.1, 0.15) is 16.9 Å². The van der Waals surface area contributed by atoms with Gasteiger partial charge in [0, 0.05) is 45.3 Å². The van der Waals surface area contributed by atoms with Crippen molar-refractivity contribution in [3.8, 4) is 0 Å². The molecular formula is C13H24N2O4S2. The van der Waals surface area contributed by atoms with Gasteiger partial charge in [0.2, 0.25) is 0 Å². The summed E-state index contributed by atoms with van der Waals surface area (Å²) in [7, 11) is -0.346. The molecule has 0 radical (unpaired) electrons. The monoisotopic (exact) mass is 336 g/mol. The molecule has 0 unspecified atom stereocenters. The molecule has 0 aliphatic rings. The quantitative estimate of drug-likeness (QED) is 0.649. The molecular weight excluding hydrogens is 312 g/mol. The van der Waals surface area contributed by atoms with Gasteiger partial charge in [-0.2, -0.15) is 4.31 Å². The Morgan fingerprint density at radius 3 is 2.43 bits per heavy atom. The van der Waals surface area contributed by atoms with Crippen molar-refractivity contribution in [3.05, 3.63) is 16.5 Å². The second-order valence-corrected chi connectivity index (χ2v) is 7.92. The molecule has 1 aromatic heterocycles. The van der Waals surface area contributed by atoms with Crippen LogP contribution in [0.2, 0.25) is 0 Å². The Hall–Kier alpha value is -0.510. The standard InChI is InChI=1S/C13H24N2O4S2/c1-11-9-13(20-12(11)10-14)21(16,17)15(6-8-19-3)5-4-7-18-2/h9H,4-8,10,14H2,1-3H3. The van der Waals surface area contributed by atoms with Gasteiger partial charge >= 0.3 is 0 Å². The molecule has 0 bridgehead atoms. The molecule has 8 heteroatoms. The Morgan fingerprint density at radius 2 is 1.90 bits per heavy atom. The van der Waals surface area contributed by atoms with Crippen LogP contribution in [0.25, 0.3) is 0 Å². The lowest BCUT2D eigenvalue weighted by Crippen LogP contribution is -2.34. The van der Waals surface area contributed by atoms with Crippen molar-refractivity contribution in [2.45, 2.75) is 24.1 Å². The van der Waals surface area contributed by atoms with Crippen LogP contribution < -0.4 is 5.73 Å². The van der Waals surface area contributed by atoms with E-state index in [0.29, 0.717) is 43.5 Å². The van der Waals surface area contributed by atoms with Crippen molar-refractivity contribution in [2.75, 3.05) is 40.5 Å². The van der Waals surface area contributed by atoms with Crippen LogP contribution in [-0.4, -0.2) is 53.2 Å². The third kappa shape index (κ3) is 5.01. The van der Waals surface area contributed by atoms with E-state index in [2.05, 4.69) is 0 Å². The molecule has 0 aromatic carbocycles. The molecule has 1 aromatic rings. The van der Waals surface area contributed by atoms with Gasteiger partial charge in [-0.3, -0.25) is 0 Å². The van der Waals surface area contributed by atoms with Gasteiger partial charge in [0.1, 0.15) is 4.21 Å². The summed E-state index contributed by atoms with van der Waals surface area (Å²) in [6.07, 6.45) is 0.646. The highest BCUT2D eigenvalue weighted by Gasteiger charge is 2.26. The van der Waals surface area contributed by atoms with Gasteiger partial charge < -0.3 is 15.2 Å². The lowest BCUT2D eigenvalue weighted by molar-refractivity contribution is 0.164. The maximum absolute atomic E-state index is 12.7. The number of hydrogen-bond acceptors (Lipinski definition) is 6. The zero-order chi connectivity index (χ0) is 15.9. The molecule has 21 heavy (non-hydrogen) atoms. The molecule has 1 heterocycles. The topological polar surface area (TPSA) is 81.9 Å². The Morgan fingerprint density at radius 1 is 1.24 bits per heavy atom. The Labute approximate surface area is 130 Å². The van der Waals surface area contributed by atoms with Crippen LogP contribution in [0.4, 0.5) is 0 Å². The molecule has 0 spiro atoms. The molecule has 1 rings (SSSR count). The molecule has 0 saturated carbocycles. The fourth-order valence-electron chi connectivity index (χ4n) is 1.88. The van der Waals surface area contributed by atoms with E-state index in [-0.39, 0.29) is 0 Å². The summed E-state index contributed by atoms with van der Waals surface area (Å²) in [6.45, 7) is 3.86. The number of sulfonamides is 1. The van der Waals surface area contributed by atoms with Crippen molar-refractivity contribution in [1.82, 2.24) is 4.31 Å². The minimum atomic E-state index is -3.50. The van der Waals surface area contributed by atoms with E-state index in [1.165, 1.54) is 15.6 Å². The highest BCUT2D eigenvalue weighted by molar-refractivity contribution is 7.91. The fraction of sp³-hybridized carbons (Fsp3) is 0.692. The molecule has 122 valence electrons. The molecule has 0 amide bonds. The highest BCUT2D eigenvalue weighted by atomic mass is 32.2. The number of nitrogens with zero attached hydrogens (tertiary/aromatic N) is 1. The van der Waals surface area contributed by atoms with Gasteiger partial charge in [-0.15, -0.1) is 11.3 Å². The number of methoxy groups -OCH3 is 2. The van der Waals surface area contributed by atoms with Gasteiger partial charge in [-0.1, -0.05) is 0 Å². The van der Waals surface area contributed by atoms with Crippen LogP contribution in [0, 0.1) is 6.92 Å². The first-order chi connectivity index (χ1) is 9.97. The lowest BCUT2D eigenvalue weighted by atomic mass is 10.3. The predicted octanol–water partition coefficient (Wildman–Crippen LogP) is 1.19. The summed E-state index contributed by atoms with van der Waals surface area (Å²) < 4.78 is 37.2. The molecule has 0 aliphatic carbocycles. The van der Waals surface area contributed by atoms with Gasteiger partial charge in [0.25, 0.3) is 10.0 Å². The fourth-order valence-corrected chi connectivity index (χ4v) is 4.96. The number of hydrogen-bond donors (Lipinski definition) is 1. The molecule has 0 fully saturated rings. The van der Waals surface area contributed by atoms with E-state index < -0.39 is 10.0 Å². The second kappa shape index (κ2) is 8.82. The van der Waals surface area contributed by atoms with Crippen LogP contribution in [-0.2, 0) is 26.0 Å². The van der Waals surface area contributed by atoms with E-state index in [1.807, 2.05) is 6.92 Å². The SMILES string of the molecule is COCCCN(CCOC)S(=O)(=O)c1cc(C)c(CN)s1. The van der Waals surface area contributed by atoms with E-state index >= 15 is 0 Å². The highest BCUT2D eigenvalue weighted by Crippen LogP contribution is 2.28. The summed E-state index contributed by atoms with van der Waals surface area (Å²) in [5.41, 5.74) is 6.55. The van der Waals surface area contributed by atoms with Crippen molar-refractivity contribution in [3.63, 3.8) is 0 Å². The summed E-state index contributed by atoms with van der Waals surface area (Å²) >= 11 is 1.24.